The number of hydrogen-bond donors (Lipinski definition) is 0. The highest BCUT2D eigenvalue weighted by molar-refractivity contribution is 7.13. The van der Waals surface area contributed by atoms with E-state index < -0.39 is 5.63 Å². The van der Waals surface area contributed by atoms with Gasteiger partial charge in [-0.3, -0.25) is 4.79 Å². The first kappa shape index (κ1) is 24.4. The SMILES string of the molecule is CCOC(=O)Cc1csc(-c2cc3ccc(N4CC[N+](C)(CCCOC)CC4)cc3oc2=O)n1. The van der Waals surface area contributed by atoms with Gasteiger partial charge in [0.2, 0.25) is 0 Å². The lowest BCUT2D eigenvalue weighted by atomic mass is 10.1. The summed E-state index contributed by atoms with van der Waals surface area (Å²) >= 11 is 1.32. The predicted octanol–water partition coefficient (Wildman–Crippen LogP) is 3.33. The van der Waals surface area contributed by atoms with Crippen LogP contribution in [0, 0.1) is 0 Å². The molecule has 0 aliphatic carbocycles. The molecular formula is C25H32N3O5S+. The number of ether oxygens (including phenoxy) is 2. The van der Waals surface area contributed by atoms with Crippen LogP contribution in [0.15, 0.2) is 38.9 Å². The number of aromatic nitrogens is 1. The molecule has 8 nitrogen and oxygen atoms in total. The number of methoxy groups -OCH3 is 1. The van der Waals surface area contributed by atoms with Gasteiger partial charge in [0.05, 0.1) is 70.7 Å². The van der Waals surface area contributed by atoms with Gasteiger partial charge in [-0.2, -0.15) is 0 Å². The van der Waals surface area contributed by atoms with Gasteiger partial charge < -0.3 is 23.3 Å². The summed E-state index contributed by atoms with van der Waals surface area (Å²) in [5, 5.41) is 3.16. The third kappa shape index (κ3) is 5.65. The Morgan fingerprint density at radius 3 is 2.79 bits per heavy atom. The molecule has 1 saturated heterocycles. The number of hydrogen-bond acceptors (Lipinski definition) is 8. The van der Waals surface area contributed by atoms with E-state index in [4.69, 9.17) is 13.9 Å². The van der Waals surface area contributed by atoms with Crippen LogP contribution in [0.1, 0.15) is 19.0 Å². The van der Waals surface area contributed by atoms with Crippen LogP contribution in [0.25, 0.3) is 21.5 Å². The molecular weight excluding hydrogens is 454 g/mol. The lowest BCUT2D eigenvalue weighted by molar-refractivity contribution is -0.910. The van der Waals surface area contributed by atoms with Gasteiger partial charge in [0, 0.05) is 36.1 Å². The second-order valence-electron chi connectivity index (χ2n) is 8.92. The Bertz CT molecular complexity index is 1200. The highest BCUT2D eigenvalue weighted by Crippen LogP contribution is 2.28. The third-order valence-electron chi connectivity index (χ3n) is 6.36. The maximum Gasteiger partial charge on any atom is 0.346 e. The average molecular weight is 487 g/mol. The zero-order valence-electron chi connectivity index (χ0n) is 20.0. The Morgan fingerprint density at radius 1 is 1.26 bits per heavy atom. The van der Waals surface area contributed by atoms with Crippen LogP contribution in [-0.4, -0.2) is 75.5 Å². The van der Waals surface area contributed by atoms with Crippen molar-refractivity contribution in [1.82, 2.24) is 4.98 Å². The van der Waals surface area contributed by atoms with E-state index in [1.165, 1.54) is 11.3 Å². The van der Waals surface area contributed by atoms with Crippen molar-refractivity contribution in [2.45, 2.75) is 19.8 Å². The predicted molar refractivity (Wildman–Crippen MR) is 133 cm³/mol. The highest BCUT2D eigenvalue weighted by atomic mass is 32.1. The van der Waals surface area contributed by atoms with Gasteiger partial charge in [-0.25, -0.2) is 9.78 Å². The van der Waals surface area contributed by atoms with Gasteiger partial charge in [0.1, 0.15) is 10.6 Å². The van der Waals surface area contributed by atoms with Crippen molar-refractivity contribution in [3.05, 3.63) is 45.8 Å². The molecule has 34 heavy (non-hydrogen) atoms. The second kappa shape index (κ2) is 10.7. The first-order chi connectivity index (χ1) is 16.4. The molecule has 1 aromatic carbocycles. The van der Waals surface area contributed by atoms with E-state index in [-0.39, 0.29) is 12.4 Å². The third-order valence-corrected chi connectivity index (χ3v) is 7.29. The van der Waals surface area contributed by atoms with E-state index in [9.17, 15) is 9.59 Å². The number of benzene rings is 1. The summed E-state index contributed by atoms with van der Waals surface area (Å²) in [6, 6.07) is 7.85. The lowest BCUT2D eigenvalue weighted by Gasteiger charge is -2.43. The Labute approximate surface area is 203 Å². The van der Waals surface area contributed by atoms with Crippen LogP contribution in [0.4, 0.5) is 5.69 Å². The quantitative estimate of drug-likeness (QED) is 0.199. The van der Waals surface area contributed by atoms with E-state index >= 15 is 0 Å². The minimum absolute atomic E-state index is 0.0899. The summed E-state index contributed by atoms with van der Waals surface area (Å²) in [6.07, 6.45) is 1.16. The topological polar surface area (TPSA) is 81.9 Å². The van der Waals surface area contributed by atoms with E-state index in [2.05, 4.69) is 23.0 Å². The molecule has 1 aliphatic rings. The fraction of sp³-hybridized carbons (Fsp3) is 0.480. The van der Waals surface area contributed by atoms with Gasteiger partial charge in [-0.05, 0) is 25.1 Å². The largest absolute Gasteiger partial charge is 0.466 e. The Balaban J connectivity index is 1.48. The molecule has 1 aliphatic heterocycles. The van der Waals surface area contributed by atoms with E-state index in [0.717, 1.165) is 61.3 Å². The molecule has 0 N–H and O–H groups in total. The lowest BCUT2D eigenvalue weighted by Crippen LogP contribution is -2.57. The number of piperazine rings is 1. The summed E-state index contributed by atoms with van der Waals surface area (Å²) in [4.78, 5) is 31.3. The maximum atomic E-state index is 12.7. The van der Waals surface area contributed by atoms with Gasteiger partial charge >= 0.3 is 11.6 Å². The standard InChI is InChI=1S/C25H32N3O5S/c1-4-32-23(29)15-19-17-34-24(26-19)21-14-18-6-7-20(16-22(18)33-25(21)30)27-8-11-28(2,12-9-27)10-5-13-31-3/h6-7,14,16-17H,4-5,8-13,15H2,1-3H3/q+1. The number of carbonyl (C=O) groups is 1. The number of esters is 1. The first-order valence-corrected chi connectivity index (χ1v) is 12.5. The number of likely N-dealkylation sites (N-methyl/N-ethyl adjacent to an activating group) is 1. The molecule has 0 radical (unpaired) electrons. The molecule has 0 saturated carbocycles. The fourth-order valence-electron chi connectivity index (χ4n) is 4.34. The molecule has 182 valence electrons. The zero-order valence-corrected chi connectivity index (χ0v) is 20.9. The molecule has 4 rings (SSSR count). The summed E-state index contributed by atoms with van der Waals surface area (Å²) in [5.41, 5.74) is 2.20. The molecule has 3 aromatic rings. The number of rotatable bonds is 9. The van der Waals surface area contributed by atoms with E-state index in [1.807, 2.05) is 18.2 Å². The Hall–Kier alpha value is -2.75. The van der Waals surface area contributed by atoms with Crippen LogP contribution >= 0.6 is 11.3 Å². The van der Waals surface area contributed by atoms with Crippen molar-refractivity contribution in [3.63, 3.8) is 0 Å². The molecule has 0 spiro atoms. The maximum absolute atomic E-state index is 12.7. The monoisotopic (exact) mass is 486 g/mol. The van der Waals surface area contributed by atoms with Gasteiger partial charge in [0.25, 0.3) is 0 Å². The molecule has 0 unspecified atom stereocenters. The molecule has 3 heterocycles. The van der Waals surface area contributed by atoms with Crippen LogP contribution in [0.3, 0.4) is 0 Å². The second-order valence-corrected chi connectivity index (χ2v) is 9.78. The number of fused-ring (bicyclic) bond motifs is 1. The van der Waals surface area contributed by atoms with Crippen molar-refractivity contribution in [1.29, 1.82) is 0 Å². The number of anilines is 1. The average Bonchev–Trinajstić information content (AvgIpc) is 3.27. The van der Waals surface area contributed by atoms with Crippen molar-refractivity contribution in [2.24, 2.45) is 0 Å². The van der Waals surface area contributed by atoms with Crippen molar-refractivity contribution in [3.8, 4) is 10.6 Å². The van der Waals surface area contributed by atoms with Crippen LogP contribution < -0.4 is 10.5 Å². The summed E-state index contributed by atoms with van der Waals surface area (Å²) in [6.45, 7) is 8.08. The van der Waals surface area contributed by atoms with E-state index in [1.54, 1.807) is 19.4 Å². The summed E-state index contributed by atoms with van der Waals surface area (Å²) in [5.74, 6) is -0.329. The minimum atomic E-state index is -0.428. The molecule has 2 aromatic heterocycles. The van der Waals surface area contributed by atoms with Crippen LogP contribution in [0.2, 0.25) is 0 Å². The molecule has 1 fully saturated rings. The minimum Gasteiger partial charge on any atom is -0.466 e. The zero-order chi connectivity index (χ0) is 24.1. The van der Waals surface area contributed by atoms with E-state index in [0.29, 0.717) is 28.5 Å². The van der Waals surface area contributed by atoms with Crippen molar-refractivity contribution in [2.75, 3.05) is 65.0 Å². The molecule has 9 heteroatoms. The molecule has 0 bridgehead atoms. The van der Waals surface area contributed by atoms with Gasteiger partial charge in [-0.15, -0.1) is 11.3 Å². The smallest absolute Gasteiger partial charge is 0.346 e. The van der Waals surface area contributed by atoms with Crippen molar-refractivity contribution < 1.29 is 23.2 Å². The number of quaternary nitrogens is 1. The molecule has 0 atom stereocenters. The Morgan fingerprint density at radius 2 is 2.06 bits per heavy atom. The number of nitrogens with zero attached hydrogens (tertiary/aromatic N) is 3. The first-order valence-electron chi connectivity index (χ1n) is 11.7. The number of carbonyl (C=O) groups excluding carboxylic acids is 1. The molecule has 0 amide bonds. The van der Waals surface area contributed by atoms with Crippen molar-refractivity contribution >= 4 is 34.0 Å². The van der Waals surface area contributed by atoms with Crippen LogP contribution in [-0.2, 0) is 20.7 Å². The summed E-state index contributed by atoms with van der Waals surface area (Å²) in [7, 11) is 4.06. The van der Waals surface area contributed by atoms with Gasteiger partial charge in [0.15, 0.2) is 0 Å². The fourth-order valence-corrected chi connectivity index (χ4v) is 5.16. The normalized spacial score (nSPS) is 15.6. The number of thiazole rings is 1. The Kier molecular flexibility index (Phi) is 7.65. The van der Waals surface area contributed by atoms with Crippen LogP contribution in [0.5, 0.6) is 0 Å². The summed E-state index contributed by atoms with van der Waals surface area (Å²) < 4.78 is 16.9. The van der Waals surface area contributed by atoms with Gasteiger partial charge in [-0.1, -0.05) is 0 Å². The highest BCUT2D eigenvalue weighted by Gasteiger charge is 2.28.